The SMILES string of the molecule is COc1ccc(-n2nc3c(N4CCC[C@H](C(=O)NC5CCCC5)C4)nnc(C)c3c2C)cc1. The molecule has 3 heterocycles. The summed E-state index contributed by atoms with van der Waals surface area (Å²) in [7, 11) is 1.66. The number of benzene rings is 1. The van der Waals surface area contributed by atoms with E-state index < -0.39 is 0 Å². The third kappa shape index (κ3) is 4.14. The average Bonchev–Trinajstić information content (AvgIpc) is 3.48. The molecule has 0 spiro atoms. The minimum Gasteiger partial charge on any atom is -0.497 e. The van der Waals surface area contributed by atoms with Gasteiger partial charge in [0.15, 0.2) is 5.82 Å². The molecular weight excluding hydrogens is 416 g/mol. The van der Waals surface area contributed by atoms with Crippen molar-refractivity contribution in [3.8, 4) is 11.4 Å². The summed E-state index contributed by atoms with van der Waals surface area (Å²) in [5, 5.41) is 18.3. The first kappa shape index (κ1) is 21.7. The van der Waals surface area contributed by atoms with Crippen LogP contribution in [-0.4, -0.2) is 52.1 Å². The van der Waals surface area contributed by atoms with Gasteiger partial charge >= 0.3 is 0 Å². The van der Waals surface area contributed by atoms with Crippen LogP contribution in [0.3, 0.4) is 0 Å². The minimum absolute atomic E-state index is 0.0257. The van der Waals surface area contributed by atoms with Crippen molar-refractivity contribution in [1.82, 2.24) is 25.3 Å². The summed E-state index contributed by atoms with van der Waals surface area (Å²) in [6.45, 7) is 5.54. The van der Waals surface area contributed by atoms with Gasteiger partial charge in [0.2, 0.25) is 5.91 Å². The molecule has 8 heteroatoms. The first-order valence-corrected chi connectivity index (χ1v) is 12.0. The number of hydrogen-bond donors (Lipinski definition) is 1. The Kier molecular flexibility index (Phi) is 5.91. The monoisotopic (exact) mass is 448 g/mol. The number of nitrogens with one attached hydrogen (secondary N) is 1. The number of fused-ring (bicyclic) bond motifs is 1. The number of amides is 1. The van der Waals surface area contributed by atoms with E-state index in [1.165, 1.54) is 12.8 Å². The van der Waals surface area contributed by atoms with Crippen LogP contribution in [0.15, 0.2) is 24.3 Å². The average molecular weight is 449 g/mol. The number of ether oxygens (including phenoxy) is 1. The van der Waals surface area contributed by atoms with E-state index in [1.54, 1.807) is 7.11 Å². The Morgan fingerprint density at radius 2 is 1.82 bits per heavy atom. The summed E-state index contributed by atoms with van der Waals surface area (Å²) in [4.78, 5) is 15.1. The molecule has 1 saturated heterocycles. The van der Waals surface area contributed by atoms with Crippen molar-refractivity contribution in [3.63, 3.8) is 0 Å². The zero-order chi connectivity index (χ0) is 22.9. The summed E-state index contributed by atoms with van der Waals surface area (Å²) in [5.41, 5.74) is 3.69. The second-order valence-electron chi connectivity index (χ2n) is 9.30. The zero-order valence-electron chi connectivity index (χ0n) is 19.7. The molecule has 1 aliphatic carbocycles. The molecule has 2 aromatic heterocycles. The second-order valence-corrected chi connectivity index (χ2v) is 9.30. The number of methoxy groups -OCH3 is 1. The molecule has 1 atom stereocenters. The maximum absolute atomic E-state index is 12.9. The lowest BCUT2D eigenvalue weighted by Crippen LogP contribution is -2.45. The Morgan fingerprint density at radius 1 is 1.06 bits per heavy atom. The molecule has 33 heavy (non-hydrogen) atoms. The Labute approximate surface area is 194 Å². The number of nitrogens with zero attached hydrogens (tertiary/aromatic N) is 5. The highest BCUT2D eigenvalue weighted by Crippen LogP contribution is 2.32. The maximum Gasteiger partial charge on any atom is 0.225 e. The fourth-order valence-corrected chi connectivity index (χ4v) is 5.27. The lowest BCUT2D eigenvalue weighted by molar-refractivity contribution is -0.125. The molecule has 0 radical (unpaired) electrons. The van der Waals surface area contributed by atoms with Crippen LogP contribution in [0.1, 0.15) is 49.9 Å². The van der Waals surface area contributed by atoms with Gasteiger partial charge in [-0.3, -0.25) is 4.79 Å². The van der Waals surface area contributed by atoms with Crippen molar-refractivity contribution < 1.29 is 9.53 Å². The smallest absolute Gasteiger partial charge is 0.225 e. The predicted molar refractivity (Wildman–Crippen MR) is 128 cm³/mol. The van der Waals surface area contributed by atoms with E-state index in [2.05, 4.69) is 27.3 Å². The van der Waals surface area contributed by atoms with Crippen LogP contribution in [0.5, 0.6) is 5.75 Å². The van der Waals surface area contributed by atoms with Crippen LogP contribution < -0.4 is 15.0 Å². The number of aryl methyl sites for hydroxylation is 2. The Bertz CT molecular complexity index is 1150. The number of carbonyl (C=O) groups is 1. The fraction of sp³-hybridized carbons (Fsp3) is 0.520. The molecule has 2 fully saturated rings. The van der Waals surface area contributed by atoms with E-state index in [9.17, 15) is 4.79 Å². The van der Waals surface area contributed by atoms with Crippen molar-refractivity contribution in [3.05, 3.63) is 35.7 Å². The van der Waals surface area contributed by atoms with Crippen molar-refractivity contribution in [2.75, 3.05) is 25.1 Å². The molecule has 5 rings (SSSR count). The van der Waals surface area contributed by atoms with Gasteiger partial charge in [-0.15, -0.1) is 5.10 Å². The van der Waals surface area contributed by atoms with E-state index in [0.29, 0.717) is 12.6 Å². The molecule has 0 unspecified atom stereocenters. The van der Waals surface area contributed by atoms with Crippen molar-refractivity contribution in [2.24, 2.45) is 5.92 Å². The highest BCUT2D eigenvalue weighted by atomic mass is 16.5. The molecule has 1 aromatic carbocycles. The summed E-state index contributed by atoms with van der Waals surface area (Å²) in [6, 6.07) is 8.21. The largest absolute Gasteiger partial charge is 0.497 e. The molecular formula is C25H32N6O2. The van der Waals surface area contributed by atoms with Crippen molar-refractivity contribution >= 4 is 22.6 Å². The Hall–Kier alpha value is -3.16. The standard InChI is InChI=1S/C25H32N6O2/c1-16-22-17(2)31(20-10-12-21(33-3)13-11-20)29-23(22)24(28-27-16)30-14-6-7-18(15-30)25(32)26-19-8-4-5-9-19/h10-13,18-19H,4-9,14-15H2,1-3H3,(H,26,32)/t18-/m0/s1. The van der Waals surface area contributed by atoms with Crippen molar-refractivity contribution in [2.45, 2.75) is 58.4 Å². The molecule has 1 saturated carbocycles. The van der Waals surface area contributed by atoms with Crippen LogP contribution in [0.4, 0.5) is 5.82 Å². The van der Waals surface area contributed by atoms with E-state index in [4.69, 9.17) is 9.84 Å². The predicted octanol–water partition coefficient (Wildman–Crippen LogP) is 3.72. The van der Waals surface area contributed by atoms with Crippen molar-refractivity contribution in [1.29, 1.82) is 0 Å². The van der Waals surface area contributed by atoms with Crippen LogP contribution >= 0.6 is 0 Å². The maximum atomic E-state index is 12.9. The highest BCUT2D eigenvalue weighted by Gasteiger charge is 2.30. The second kappa shape index (κ2) is 9.00. The third-order valence-corrected chi connectivity index (χ3v) is 7.09. The van der Waals surface area contributed by atoms with Gasteiger partial charge in [-0.2, -0.15) is 10.2 Å². The summed E-state index contributed by atoms with van der Waals surface area (Å²) < 4.78 is 7.24. The Morgan fingerprint density at radius 3 is 2.55 bits per heavy atom. The molecule has 174 valence electrons. The third-order valence-electron chi connectivity index (χ3n) is 7.09. The van der Waals surface area contributed by atoms with E-state index in [1.807, 2.05) is 35.9 Å². The molecule has 1 N–H and O–H groups in total. The zero-order valence-corrected chi connectivity index (χ0v) is 19.7. The lowest BCUT2D eigenvalue weighted by Gasteiger charge is -2.33. The van der Waals surface area contributed by atoms with E-state index >= 15 is 0 Å². The lowest BCUT2D eigenvalue weighted by atomic mass is 9.96. The molecule has 0 bridgehead atoms. The van der Waals surface area contributed by atoms with Gasteiger partial charge < -0.3 is 15.0 Å². The minimum atomic E-state index is -0.0257. The summed E-state index contributed by atoms with van der Waals surface area (Å²) >= 11 is 0. The van der Waals surface area contributed by atoms with Gasteiger partial charge in [0.05, 0.1) is 35.5 Å². The van der Waals surface area contributed by atoms with E-state index in [0.717, 1.165) is 71.8 Å². The summed E-state index contributed by atoms with van der Waals surface area (Å²) in [5.74, 6) is 1.73. The van der Waals surface area contributed by atoms with Crippen LogP contribution in [-0.2, 0) is 4.79 Å². The van der Waals surface area contributed by atoms with Gasteiger partial charge in [0.25, 0.3) is 0 Å². The molecule has 1 aliphatic heterocycles. The van der Waals surface area contributed by atoms with Gasteiger partial charge in [-0.25, -0.2) is 4.68 Å². The number of carbonyl (C=O) groups excluding carboxylic acids is 1. The van der Waals surface area contributed by atoms with E-state index in [-0.39, 0.29) is 11.8 Å². The Balaban J connectivity index is 1.45. The summed E-state index contributed by atoms with van der Waals surface area (Å²) in [6.07, 6.45) is 6.52. The molecule has 3 aromatic rings. The van der Waals surface area contributed by atoms with Crippen LogP contribution in [0, 0.1) is 19.8 Å². The highest BCUT2D eigenvalue weighted by molar-refractivity contribution is 5.92. The number of aromatic nitrogens is 4. The number of hydrogen-bond acceptors (Lipinski definition) is 6. The fourth-order valence-electron chi connectivity index (χ4n) is 5.27. The first-order chi connectivity index (χ1) is 16.0. The first-order valence-electron chi connectivity index (χ1n) is 12.0. The molecule has 2 aliphatic rings. The van der Waals surface area contributed by atoms with Gasteiger partial charge in [-0.1, -0.05) is 12.8 Å². The van der Waals surface area contributed by atoms with Crippen LogP contribution in [0.25, 0.3) is 16.6 Å². The number of piperidine rings is 1. The molecule has 8 nitrogen and oxygen atoms in total. The van der Waals surface area contributed by atoms with Crippen LogP contribution in [0.2, 0.25) is 0 Å². The normalized spacial score (nSPS) is 19.2. The number of rotatable bonds is 5. The topological polar surface area (TPSA) is 85.2 Å². The number of anilines is 1. The van der Waals surface area contributed by atoms with Gasteiger partial charge in [-0.05, 0) is 63.8 Å². The molecule has 1 amide bonds. The van der Waals surface area contributed by atoms with Gasteiger partial charge in [0.1, 0.15) is 11.3 Å². The van der Waals surface area contributed by atoms with Gasteiger partial charge in [0, 0.05) is 19.1 Å². The quantitative estimate of drug-likeness (QED) is 0.640.